The Kier molecular flexibility index (Phi) is 5.46. The zero-order valence-corrected chi connectivity index (χ0v) is 17.3. The van der Waals surface area contributed by atoms with E-state index in [-0.39, 0.29) is 18.0 Å². The summed E-state index contributed by atoms with van der Waals surface area (Å²) in [5, 5.41) is 0. The van der Waals surface area contributed by atoms with Gasteiger partial charge in [0.15, 0.2) is 4.80 Å². The molecule has 0 fully saturated rings. The van der Waals surface area contributed by atoms with Crippen LogP contribution in [-0.4, -0.2) is 17.1 Å². The van der Waals surface area contributed by atoms with E-state index in [0.29, 0.717) is 26.2 Å². The molecule has 0 aliphatic carbocycles. The third-order valence-corrected chi connectivity index (χ3v) is 5.81. The van der Waals surface area contributed by atoms with E-state index >= 15 is 0 Å². The first kappa shape index (κ1) is 20.0. The fourth-order valence-corrected chi connectivity index (χ4v) is 4.44. The minimum atomic E-state index is -0.554. The van der Waals surface area contributed by atoms with Crippen molar-refractivity contribution in [3.8, 4) is 0 Å². The number of rotatable bonds is 4. The standard InChI is InChI=1S/C23H19FN2O3S/c1-3-29-22(28)19-14(2)26-21(27)18(13-15-9-11-17(24)12-10-15)30-23(26)25-20(19)16-7-5-4-6-8-16/h4-13,20H,3H2,1-2H3/b18-13+/t20-/m0/s1. The minimum Gasteiger partial charge on any atom is -0.463 e. The van der Waals surface area contributed by atoms with Gasteiger partial charge in [-0.15, -0.1) is 0 Å². The first-order valence-electron chi connectivity index (χ1n) is 9.49. The number of fused-ring (bicyclic) bond motifs is 1. The molecule has 2 aromatic carbocycles. The normalized spacial score (nSPS) is 16.2. The van der Waals surface area contributed by atoms with Crippen LogP contribution in [0.5, 0.6) is 0 Å². The number of carbonyl (C=O) groups excluding carboxylic acids is 1. The van der Waals surface area contributed by atoms with Crippen molar-refractivity contribution in [1.82, 2.24) is 4.57 Å². The van der Waals surface area contributed by atoms with Crippen molar-refractivity contribution in [2.24, 2.45) is 4.99 Å². The molecular formula is C23H19FN2O3S. The maximum atomic E-state index is 13.2. The molecule has 0 spiro atoms. The third-order valence-electron chi connectivity index (χ3n) is 4.82. The number of thiazole rings is 1. The van der Waals surface area contributed by atoms with Gasteiger partial charge in [-0.1, -0.05) is 53.8 Å². The van der Waals surface area contributed by atoms with Crippen molar-refractivity contribution in [1.29, 1.82) is 0 Å². The van der Waals surface area contributed by atoms with Gasteiger partial charge < -0.3 is 4.74 Å². The van der Waals surface area contributed by atoms with Crippen molar-refractivity contribution in [3.05, 3.63) is 96.8 Å². The molecule has 0 saturated carbocycles. The SMILES string of the molecule is CCOC(=O)C1=C(C)n2c(s/c(=C/c3ccc(F)cc3)c2=O)=N[C@H]1c1ccccc1. The van der Waals surface area contributed by atoms with Crippen LogP contribution in [0.3, 0.4) is 0 Å². The Morgan fingerprint density at radius 2 is 1.90 bits per heavy atom. The molecule has 2 heterocycles. The number of aromatic nitrogens is 1. The van der Waals surface area contributed by atoms with Gasteiger partial charge in [0.05, 0.1) is 16.7 Å². The number of esters is 1. The molecular weight excluding hydrogens is 403 g/mol. The average molecular weight is 422 g/mol. The maximum absolute atomic E-state index is 13.2. The summed E-state index contributed by atoms with van der Waals surface area (Å²) < 4.78 is 20.4. The predicted molar refractivity (Wildman–Crippen MR) is 114 cm³/mol. The van der Waals surface area contributed by atoms with E-state index in [2.05, 4.69) is 0 Å². The minimum absolute atomic E-state index is 0.228. The van der Waals surface area contributed by atoms with Gasteiger partial charge in [0.2, 0.25) is 0 Å². The molecule has 7 heteroatoms. The zero-order valence-electron chi connectivity index (χ0n) is 16.5. The van der Waals surface area contributed by atoms with E-state index < -0.39 is 12.0 Å². The van der Waals surface area contributed by atoms with Crippen LogP contribution in [0, 0.1) is 5.82 Å². The number of carbonyl (C=O) groups is 1. The van der Waals surface area contributed by atoms with Crippen LogP contribution in [0.4, 0.5) is 4.39 Å². The number of ether oxygens (including phenoxy) is 1. The fourth-order valence-electron chi connectivity index (χ4n) is 3.40. The van der Waals surface area contributed by atoms with Gasteiger partial charge in [-0.25, -0.2) is 14.2 Å². The van der Waals surface area contributed by atoms with Gasteiger partial charge in [-0.3, -0.25) is 9.36 Å². The molecule has 1 aliphatic rings. The molecule has 1 aromatic heterocycles. The van der Waals surface area contributed by atoms with Crippen LogP contribution < -0.4 is 14.9 Å². The quantitative estimate of drug-likeness (QED) is 0.608. The Morgan fingerprint density at radius 3 is 2.57 bits per heavy atom. The molecule has 0 unspecified atom stereocenters. The Hall–Kier alpha value is -3.32. The zero-order chi connectivity index (χ0) is 21.3. The van der Waals surface area contributed by atoms with E-state index in [9.17, 15) is 14.0 Å². The van der Waals surface area contributed by atoms with Crippen molar-refractivity contribution in [2.75, 3.05) is 6.61 Å². The first-order chi connectivity index (χ1) is 14.5. The lowest BCUT2D eigenvalue weighted by atomic mass is 9.97. The molecule has 30 heavy (non-hydrogen) atoms. The molecule has 3 aromatic rings. The van der Waals surface area contributed by atoms with Gasteiger partial charge in [0.25, 0.3) is 5.56 Å². The van der Waals surface area contributed by atoms with E-state index in [4.69, 9.17) is 9.73 Å². The summed E-state index contributed by atoms with van der Waals surface area (Å²) >= 11 is 1.24. The highest BCUT2D eigenvalue weighted by atomic mass is 32.1. The fraction of sp³-hybridized carbons (Fsp3) is 0.174. The van der Waals surface area contributed by atoms with E-state index in [1.807, 2.05) is 30.3 Å². The Bertz CT molecular complexity index is 1310. The number of halogens is 1. The van der Waals surface area contributed by atoms with E-state index in [1.165, 1.54) is 28.0 Å². The monoisotopic (exact) mass is 422 g/mol. The summed E-state index contributed by atoms with van der Waals surface area (Å²) in [4.78, 5) is 31.1. The smallest absolute Gasteiger partial charge is 0.338 e. The predicted octanol–water partition coefficient (Wildman–Crippen LogP) is 3.05. The largest absolute Gasteiger partial charge is 0.463 e. The molecule has 0 saturated heterocycles. The topological polar surface area (TPSA) is 60.7 Å². The second kappa shape index (κ2) is 8.20. The average Bonchev–Trinajstić information content (AvgIpc) is 3.06. The number of allylic oxidation sites excluding steroid dienone is 1. The summed E-state index contributed by atoms with van der Waals surface area (Å²) in [6.07, 6.45) is 1.70. The van der Waals surface area contributed by atoms with Crippen molar-refractivity contribution in [2.45, 2.75) is 19.9 Å². The van der Waals surface area contributed by atoms with Crippen LogP contribution in [0.2, 0.25) is 0 Å². The lowest BCUT2D eigenvalue weighted by Crippen LogP contribution is -2.35. The van der Waals surface area contributed by atoms with Gasteiger partial charge >= 0.3 is 5.97 Å². The molecule has 0 bridgehead atoms. The molecule has 4 rings (SSSR count). The summed E-state index contributed by atoms with van der Waals surface area (Å²) in [5.41, 5.74) is 2.14. The van der Waals surface area contributed by atoms with Gasteiger partial charge in [0, 0.05) is 5.70 Å². The molecule has 5 nitrogen and oxygen atoms in total. The molecule has 1 atom stereocenters. The first-order valence-corrected chi connectivity index (χ1v) is 10.3. The summed E-state index contributed by atoms with van der Waals surface area (Å²) in [6, 6.07) is 14.8. The van der Waals surface area contributed by atoms with Gasteiger partial charge in [-0.2, -0.15) is 0 Å². The van der Waals surface area contributed by atoms with Crippen LogP contribution in [0.1, 0.15) is 31.0 Å². The number of benzene rings is 2. The van der Waals surface area contributed by atoms with Crippen LogP contribution in [0.15, 0.2) is 70.0 Å². The van der Waals surface area contributed by atoms with Crippen molar-refractivity contribution in [3.63, 3.8) is 0 Å². The third kappa shape index (κ3) is 3.64. The maximum Gasteiger partial charge on any atom is 0.338 e. The van der Waals surface area contributed by atoms with E-state index in [0.717, 1.165) is 5.56 Å². The summed E-state index contributed by atoms with van der Waals surface area (Å²) in [6.45, 7) is 3.70. The number of hydrogen-bond donors (Lipinski definition) is 0. The molecule has 0 amide bonds. The van der Waals surface area contributed by atoms with E-state index in [1.54, 1.807) is 32.1 Å². The molecule has 0 N–H and O–H groups in total. The molecule has 1 aliphatic heterocycles. The molecule has 152 valence electrons. The second-order valence-electron chi connectivity index (χ2n) is 6.75. The highest BCUT2D eigenvalue weighted by Gasteiger charge is 2.31. The van der Waals surface area contributed by atoms with Crippen molar-refractivity contribution >= 4 is 29.1 Å². The lowest BCUT2D eigenvalue weighted by Gasteiger charge is -2.22. The Labute approximate surface area is 176 Å². The molecule has 0 radical (unpaired) electrons. The second-order valence-corrected chi connectivity index (χ2v) is 7.76. The Morgan fingerprint density at radius 1 is 1.20 bits per heavy atom. The highest BCUT2D eigenvalue weighted by Crippen LogP contribution is 2.31. The summed E-state index contributed by atoms with van der Waals surface area (Å²) in [5.74, 6) is -0.826. The lowest BCUT2D eigenvalue weighted by molar-refractivity contribution is -0.138. The van der Waals surface area contributed by atoms with Crippen LogP contribution in [-0.2, 0) is 9.53 Å². The van der Waals surface area contributed by atoms with Gasteiger partial charge in [-0.05, 0) is 43.2 Å². The number of hydrogen-bond acceptors (Lipinski definition) is 5. The highest BCUT2D eigenvalue weighted by molar-refractivity contribution is 7.07. The van der Waals surface area contributed by atoms with Gasteiger partial charge in [0.1, 0.15) is 11.9 Å². The van der Waals surface area contributed by atoms with Crippen LogP contribution >= 0.6 is 11.3 Å². The Balaban J connectivity index is 1.94. The van der Waals surface area contributed by atoms with Crippen molar-refractivity contribution < 1.29 is 13.9 Å². The van der Waals surface area contributed by atoms with Crippen LogP contribution in [0.25, 0.3) is 11.8 Å². The summed E-state index contributed by atoms with van der Waals surface area (Å²) in [7, 11) is 0. The number of nitrogens with zero attached hydrogens (tertiary/aromatic N) is 2.